The van der Waals surface area contributed by atoms with Gasteiger partial charge in [-0.3, -0.25) is 4.99 Å². The zero-order valence-corrected chi connectivity index (χ0v) is 20.6. The van der Waals surface area contributed by atoms with Crippen molar-refractivity contribution < 1.29 is 4.52 Å². The number of aliphatic imine (C=N–C) groups is 1. The Balaban J connectivity index is 0.00000272. The van der Waals surface area contributed by atoms with E-state index in [1.807, 2.05) is 42.8 Å². The van der Waals surface area contributed by atoms with E-state index in [0.29, 0.717) is 29.7 Å². The largest absolute Gasteiger partial charge is 0.357 e. The van der Waals surface area contributed by atoms with Gasteiger partial charge in [-0.15, -0.1) is 24.0 Å². The lowest BCUT2D eigenvalue weighted by molar-refractivity contribution is 0.379. The minimum Gasteiger partial charge on any atom is -0.357 e. The molecule has 4 rings (SSSR count). The number of nitrogens with zero attached hydrogens (tertiary/aromatic N) is 6. The predicted molar refractivity (Wildman–Crippen MR) is 130 cm³/mol. The van der Waals surface area contributed by atoms with Crippen LogP contribution in [-0.2, 0) is 19.4 Å². The van der Waals surface area contributed by atoms with Crippen molar-refractivity contribution in [3.63, 3.8) is 0 Å². The summed E-state index contributed by atoms with van der Waals surface area (Å²) in [4.78, 5) is 13.6. The summed E-state index contributed by atoms with van der Waals surface area (Å²) in [6.07, 6.45) is 2.46. The van der Waals surface area contributed by atoms with Crippen LogP contribution < -0.4 is 10.6 Å². The van der Waals surface area contributed by atoms with Crippen LogP contribution in [0.15, 0.2) is 33.8 Å². The number of hydrogen-bond acceptors (Lipinski definition) is 6. The quantitative estimate of drug-likeness (QED) is 0.273. The van der Waals surface area contributed by atoms with Gasteiger partial charge in [-0.2, -0.15) is 10.1 Å². The molecule has 1 aliphatic heterocycles. The molecule has 0 radical (unpaired) electrons. The fraction of sp³-hybridized carbons (Fsp3) is 0.450. The molecule has 3 heterocycles. The van der Waals surface area contributed by atoms with Crippen LogP contribution >= 0.6 is 35.6 Å². The second-order valence-electron chi connectivity index (χ2n) is 7.17. The number of guanidine groups is 1. The number of benzene rings is 1. The minimum absolute atomic E-state index is 0. The Kier molecular flexibility index (Phi) is 8.24. The Bertz CT molecular complexity index is 1030. The molecule has 2 N–H and O–H groups in total. The van der Waals surface area contributed by atoms with Crippen molar-refractivity contribution in [2.45, 2.75) is 45.7 Å². The molecule has 166 valence electrons. The highest BCUT2D eigenvalue weighted by atomic mass is 127. The van der Waals surface area contributed by atoms with E-state index in [4.69, 9.17) is 16.1 Å². The molecule has 0 saturated carbocycles. The molecule has 11 heteroatoms. The van der Waals surface area contributed by atoms with Gasteiger partial charge in [-0.25, -0.2) is 9.67 Å². The Labute approximate surface area is 203 Å². The molecule has 1 atom stereocenters. The highest BCUT2D eigenvalue weighted by Gasteiger charge is 2.21. The number of hydrogen-bond donors (Lipinski definition) is 2. The lowest BCUT2D eigenvalue weighted by Crippen LogP contribution is -2.47. The first-order valence-corrected chi connectivity index (χ1v) is 10.5. The van der Waals surface area contributed by atoms with Gasteiger partial charge >= 0.3 is 0 Å². The maximum absolute atomic E-state index is 6.03. The lowest BCUT2D eigenvalue weighted by Gasteiger charge is -2.25. The van der Waals surface area contributed by atoms with E-state index in [2.05, 4.69) is 35.8 Å². The van der Waals surface area contributed by atoms with Crippen molar-refractivity contribution in [2.24, 2.45) is 4.99 Å². The van der Waals surface area contributed by atoms with E-state index in [0.717, 1.165) is 49.1 Å². The summed E-state index contributed by atoms with van der Waals surface area (Å²) < 4.78 is 7.34. The smallest absolute Gasteiger partial charge is 0.228 e. The molecule has 0 aliphatic carbocycles. The van der Waals surface area contributed by atoms with Crippen LogP contribution in [0.25, 0.3) is 11.4 Å². The van der Waals surface area contributed by atoms with Gasteiger partial charge in [-0.1, -0.05) is 28.9 Å². The monoisotopic (exact) mass is 556 g/mol. The van der Waals surface area contributed by atoms with Crippen LogP contribution in [0.5, 0.6) is 0 Å². The molecule has 1 aromatic carbocycles. The molecule has 1 aliphatic rings. The standard InChI is InChI=1S/C20H25ClN8O.HI/c1-3-22-20(25-16-7-8-17-24-13(2)27-29(17)12-16)23-10-9-18-26-19(28-30-18)14-5-4-6-15(21)11-14;/h4-6,11,16H,3,7-10,12H2,1-2H3,(H2,22,23,25);1H. The second-order valence-corrected chi connectivity index (χ2v) is 7.61. The maximum atomic E-state index is 6.03. The third-order valence-corrected chi connectivity index (χ3v) is 5.03. The number of rotatable bonds is 6. The van der Waals surface area contributed by atoms with Crippen LogP contribution in [0, 0.1) is 6.92 Å². The summed E-state index contributed by atoms with van der Waals surface area (Å²) in [5, 5.41) is 15.9. The van der Waals surface area contributed by atoms with Gasteiger partial charge in [0, 0.05) is 36.0 Å². The highest BCUT2D eigenvalue weighted by molar-refractivity contribution is 14.0. The van der Waals surface area contributed by atoms with Crippen LogP contribution in [0.2, 0.25) is 5.02 Å². The number of aryl methyl sites for hydroxylation is 2. The Morgan fingerprint density at radius 3 is 3.03 bits per heavy atom. The summed E-state index contributed by atoms with van der Waals surface area (Å²) in [7, 11) is 0. The summed E-state index contributed by atoms with van der Waals surface area (Å²) >= 11 is 6.03. The first kappa shape index (κ1) is 23.5. The molecule has 2 aromatic heterocycles. The fourth-order valence-corrected chi connectivity index (χ4v) is 3.62. The van der Waals surface area contributed by atoms with Gasteiger partial charge in [0.05, 0.1) is 13.1 Å². The number of halogens is 2. The molecule has 0 amide bonds. The Morgan fingerprint density at radius 1 is 1.35 bits per heavy atom. The van der Waals surface area contributed by atoms with Crippen molar-refractivity contribution in [1.82, 2.24) is 35.5 Å². The average molecular weight is 557 g/mol. The summed E-state index contributed by atoms with van der Waals surface area (Å²) in [5.74, 6) is 3.73. The van der Waals surface area contributed by atoms with Crippen molar-refractivity contribution in [2.75, 3.05) is 13.1 Å². The van der Waals surface area contributed by atoms with Gasteiger partial charge in [0.25, 0.3) is 0 Å². The Morgan fingerprint density at radius 2 is 2.23 bits per heavy atom. The van der Waals surface area contributed by atoms with Crippen molar-refractivity contribution in [1.29, 1.82) is 0 Å². The van der Waals surface area contributed by atoms with Gasteiger partial charge in [0.15, 0.2) is 5.96 Å². The van der Waals surface area contributed by atoms with Crippen molar-refractivity contribution >= 4 is 41.5 Å². The van der Waals surface area contributed by atoms with Crippen LogP contribution in [0.3, 0.4) is 0 Å². The minimum atomic E-state index is 0. The molecular weight excluding hydrogens is 531 g/mol. The molecule has 0 saturated heterocycles. The third kappa shape index (κ3) is 6.16. The molecule has 3 aromatic rings. The molecule has 9 nitrogen and oxygen atoms in total. The van der Waals surface area contributed by atoms with E-state index in [1.54, 1.807) is 0 Å². The first-order chi connectivity index (χ1) is 14.6. The number of aromatic nitrogens is 5. The van der Waals surface area contributed by atoms with Gasteiger partial charge in [0.2, 0.25) is 11.7 Å². The molecule has 1 unspecified atom stereocenters. The second kappa shape index (κ2) is 10.9. The van der Waals surface area contributed by atoms with Crippen molar-refractivity contribution in [3.05, 3.63) is 46.8 Å². The maximum Gasteiger partial charge on any atom is 0.228 e. The van der Waals surface area contributed by atoms with Crippen molar-refractivity contribution in [3.8, 4) is 11.4 Å². The van der Waals surface area contributed by atoms with E-state index in [-0.39, 0.29) is 30.0 Å². The van der Waals surface area contributed by atoms with E-state index < -0.39 is 0 Å². The van der Waals surface area contributed by atoms with Crippen LogP contribution in [0.1, 0.15) is 30.9 Å². The fourth-order valence-electron chi connectivity index (χ4n) is 3.43. The van der Waals surface area contributed by atoms with Crippen LogP contribution in [0.4, 0.5) is 0 Å². The van der Waals surface area contributed by atoms with Gasteiger partial charge < -0.3 is 15.2 Å². The van der Waals surface area contributed by atoms with Crippen LogP contribution in [-0.4, -0.2) is 50.0 Å². The predicted octanol–water partition coefficient (Wildman–Crippen LogP) is 3.02. The Hall–Kier alpha value is -2.21. The molecular formula is C20H26ClIN8O. The SMILES string of the molecule is CCNC(=NCCc1nc(-c2cccc(Cl)c2)no1)NC1CCc2nc(C)nn2C1.I. The first-order valence-electron chi connectivity index (χ1n) is 10.1. The number of nitrogens with one attached hydrogen (secondary N) is 2. The van der Waals surface area contributed by atoms with E-state index >= 15 is 0 Å². The van der Waals surface area contributed by atoms with Gasteiger partial charge in [0.1, 0.15) is 11.6 Å². The van der Waals surface area contributed by atoms with E-state index in [9.17, 15) is 0 Å². The topological polar surface area (TPSA) is 106 Å². The molecule has 0 fully saturated rings. The summed E-state index contributed by atoms with van der Waals surface area (Å²) in [5.41, 5.74) is 0.830. The summed E-state index contributed by atoms with van der Waals surface area (Å²) in [6, 6.07) is 7.65. The van der Waals surface area contributed by atoms with E-state index in [1.165, 1.54) is 0 Å². The molecule has 31 heavy (non-hydrogen) atoms. The molecule has 0 spiro atoms. The number of fused-ring (bicyclic) bond motifs is 1. The summed E-state index contributed by atoms with van der Waals surface area (Å²) in [6.45, 7) is 6.08. The lowest BCUT2D eigenvalue weighted by atomic mass is 10.1. The van der Waals surface area contributed by atoms with Gasteiger partial charge in [-0.05, 0) is 32.4 Å². The zero-order valence-electron chi connectivity index (χ0n) is 17.5. The third-order valence-electron chi connectivity index (χ3n) is 4.80. The highest BCUT2D eigenvalue weighted by Crippen LogP contribution is 2.20. The molecule has 0 bridgehead atoms. The normalized spacial score (nSPS) is 15.8. The average Bonchev–Trinajstić information content (AvgIpc) is 3.33. The zero-order chi connectivity index (χ0) is 20.9.